The van der Waals surface area contributed by atoms with E-state index in [0.717, 1.165) is 64.2 Å². The van der Waals surface area contributed by atoms with Gasteiger partial charge in [-0.25, -0.2) is 4.57 Å². The molecule has 52 heavy (non-hydrogen) atoms. The van der Waals surface area contributed by atoms with Gasteiger partial charge in [0.1, 0.15) is 12.7 Å². The van der Waals surface area contributed by atoms with Gasteiger partial charge in [-0.15, -0.1) is 0 Å². The maximum absolute atomic E-state index is 12.5. The summed E-state index contributed by atoms with van der Waals surface area (Å²) in [6, 6.07) is 0. The van der Waals surface area contributed by atoms with Crippen molar-refractivity contribution in [1.82, 2.24) is 0 Å². The Morgan fingerprint density at radius 3 is 1.67 bits per heavy atom. The van der Waals surface area contributed by atoms with Crippen LogP contribution < -0.4 is 0 Å². The lowest BCUT2D eigenvalue weighted by Crippen LogP contribution is -2.29. The Kier molecular flexibility index (Phi) is 34.9. The highest BCUT2D eigenvalue weighted by Crippen LogP contribution is 2.43. The Hall–Kier alpha value is -2.59. The van der Waals surface area contributed by atoms with Crippen molar-refractivity contribution in [2.75, 3.05) is 26.4 Å². The Morgan fingerprint density at radius 1 is 0.615 bits per heavy atom. The van der Waals surface area contributed by atoms with Crippen molar-refractivity contribution in [3.05, 3.63) is 72.9 Å². The summed E-state index contributed by atoms with van der Waals surface area (Å²) in [6.07, 6.45) is 40.4. The smallest absolute Gasteiger partial charge is 0.462 e. The molecule has 3 atom stereocenters. The summed E-state index contributed by atoms with van der Waals surface area (Å²) < 4.78 is 32.4. The molecule has 0 aliphatic heterocycles. The zero-order chi connectivity index (χ0) is 38.4. The van der Waals surface area contributed by atoms with Gasteiger partial charge < -0.3 is 24.6 Å². The molecule has 0 aromatic rings. The summed E-state index contributed by atoms with van der Waals surface area (Å²) in [5.74, 6) is -1.09. The quantitative estimate of drug-likeness (QED) is 0.0247. The number of carbonyl (C=O) groups is 2. The van der Waals surface area contributed by atoms with Gasteiger partial charge in [0.15, 0.2) is 6.10 Å². The number of phosphoric acid groups is 1. The second-order valence-electron chi connectivity index (χ2n) is 12.6. The van der Waals surface area contributed by atoms with Crippen molar-refractivity contribution in [1.29, 1.82) is 0 Å². The van der Waals surface area contributed by atoms with E-state index in [0.29, 0.717) is 12.8 Å². The molecule has 0 spiro atoms. The minimum Gasteiger partial charge on any atom is -0.462 e. The minimum atomic E-state index is -4.64. The Balaban J connectivity index is 4.53. The van der Waals surface area contributed by atoms with E-state index in [2.05, 4.69) is 67.0 Å². The van der Waals surface area contributed by atoms with Crippen LogP contribution in [0, 0.1) is 0 Å². The summed E-state index contributed by atoms with van der Waals surface area (Å²) >= 11 is 0. The number of hydrogen-bond acceptors (Lipinski definition) is 9. The first-order valence-electron chi connectivity index (χ1n) is 19.4. The van der Waals surface area contributed by atoms with Crippen molar-refractivity contribution in [3.63, 3.8) is 0 Å². The van der Waals surface area contributed by atoms with Crippen LogP contribution in [0.2, 0.25) is 0 Å². The highest BCUT2D eigenvalue weighted by Gasteiger charge is 2.27. The zero-order valence-corrected chi connectivity index (χ0v) is 32.9. The van der Waals surface area contributed by atoms with Gasteiger partial charge in [-0.05, 0) is 64.2 Å². The van der Waals surface area contributed by atoms with Gasteiger partial charge in [0, 0.05) is 6.42 Å². The lowest BCUT2D eigenvalue weighted by Gasteiger charge is -2.20. The predicted octanol–water partition coefficient (Wildman–Crippen LogP) is 9.72. The fourth-order valence-electron chi connectivity index (χ4n) is 4.65. The fourth-order valence-corrected chi connectivity index (χ4v) is 5.44. The Morgan fingerprint density at radius 2 is 1.12 bits per heavy atom. The normalized spacial score (nSPS) is 14.8. The van der Waals surface area contributed by atoms with E-state index in [9.17, 15) is 24.2 Å². The number of unbranched alkanes of at least 4 members (excludes halogenated alkanes) is 10. The molecule has 0 bridgehead atoms. The molecule has 298 valence electrons. The third-order valence-corrected chi connectivity index (χ3v) is 8.58. The fraction of sp³-hybridized carbons (Fsp3) is 0.659. The van der Waals surface area contributed by atoms with Crippen LogP contribution in [-0.4, -0.2) is 65.7 Å². The van der Waals surface area contributed by atoms with Crippen LogP contribution in [0.15, 0.2) is 72.9 Å². The highest BCUT2D eigenvalue weighted by molar-refractivity contribution is 7.47. The molecule has 3 N–H and O–H groups in total. The Labute approximate surface area is 314 Å². The standard InChI is InChI=1S/C41H69O10P/c1-3-5-7-9-11-13-15-17-19-21-23-25-27-29-31-33-41(45)51-39(37-50-52(46,47)49-35-38(43)34-42)36-48-40(44)32-30-28-26-24-22-20-18-16-14-12-10-8-6-4-2/h5,7,11,13,16-19,23,25,29,31,38-39,42-43H,3-4,6,8-10,12,14-15,20-22,24,26-28,30,32-37H2,1-2H3,(H,46,47)/b7-5-,13-11-,18-16-,19-17-,25-23-,31-29-. The van der Waals surface area contributed by atoms with Crippen LogP contribution in [-0.2, 0) is 32.7 Å². The second kappa shape index (κ2) is 36.8. The SMILES string of the molecule is CC/C=C\C/C=C\C/C=C\C/C=C\C/C=C\CC(=O)OC(COC(=O)CCCCCCC/C=C\CCCCCCC)COP(=O)(O)OCC(O)CO. The zero-order valence-electron chi connectivity index (χ0n) is 32.0. The van der Waals surface area contributed by atoms with Gasteiger partial charge in [0.05, 0.1) is 26.2 Å². The van der Waals surface area contributed by atoms with Gasteiger partial charge in [-0.1, -0.05) is 132 Å². The average Bonchev–Trinajstić information content (AvgIpc) is 3.13. The van der Waals surface area contributed by atoms with Gasteiger partial charge in [-0.3, -0.25) is 18.6 Å². The number of aliphatic hydroxyl groups excluding tert-OH is 2. The van der Waals surface area contributed by atoms with E-state index in [1.807, 2.05) is 18.2 Å². The van der Waals surface area contributed by atoms with Crippen molar-refractivity contribution in [3.8, 4) is 0 Å². The maximum Gasteiger partial charge on any atom is 0.472 e. The summed E-state index contributed by atoms with van der Waals surface area (Å²) in [6.45, 7) is 2.10. The first kappa shape index (κ1) is 49.4. The van der Waals surface area contributed by atoms with Crippen molar-refractivity contribution >= 4 is 19.8 Å². The van der Waals surface area contributed by atoms with Crippen LogP contribution in [0.1, 0.15) is 136 Å². The van der Waals surface area contributed by atoms with E-state index in [1.165, 1.54) is 32.1 Å². The largest absolute Gasteiger partial charge is 0.472 e. The number of carbonyl (C=O) groups excluding carboxylic acids is 2. The molecular formula is C41H69O10P. The van der Waals surface area contributed by atoms with E-state index >= 15 is 0 Å². The van der Waals surface area contributed by atoms with Crippen molar-refractivity contribution < 1.29 is 47.8 Å². The van der Waals surface area contributed by atoms with Crippen molar-refractivity contribution in [2.24, 2.45) is 0 Å². The summed E-state index contributed by atoms with van der Waals surface area (Å²) in [5.41, 5.74) is 0. The lowest BCUT2D eigenvalue weighted by atomic mass is 10.1. The van der Waals surface area contributed by atoms with Gasteiger partial charge in [0.2, 0.25) is 0 Å². The second-order valence-corrected chi connectivity index (χ2v) is 14.0. The molecule has 0 fully saturated rings. The topological polar surface area (TPSA) is 149 Å². The molecule has 11 heteroatoms. The number of hydrogen-bond donors (Lipinski definition) is 3. The molecule has 0 saturated carbocycles. The number of rotatable bonds is 35. The maximum atomic E-state index is 12.5. The number of esters is 2. The number of allylic oxidation sites excluding steroid dienone is 11. The van der Waals surface area contributed by atoms with Crippen LogP contribution in [0.5, 0.6) is 0 Å². The Bertz CT molecular complexity index is 1100. The van der Waals surface area contributed by atoms with E-state index < -0.39 is 51.8 Å². The molecule has 0 aliphatic carbocycles. The molecule has 0 aromatic carbocycles. The summed E-state index contributed by atoms with van der Waals surface area (Å²) in [7, 11) is -4.64. The predicted molar refractivity (Wildman–Crippen MR) is 210 cm³/mol. The molecule has 0 heterocycles. The molecule has 0 rings (SSSR count). The third-order valence-electron chi connectivity index (χ3n) is 7.63. The van der Waals surface area contributed by atoms with Gasteiger partial charge in [0.25, 0.3) is 0 Å². The van der Waals surface area contributed by atoms with Crippen molar-refractivity contribution in [2.45, 2.75) is 148 Å². The molecular weight excluding hydrogens is 683 g/mol. The number of phosphoric ester groups is 1. The highest BCUT2D eigenvalue weighted by atomic mass is 31.2. The minimum absolute atomic E-state index is 0.0528. The number of ether oxygens (including phenoxy) is 2. The lowest BCUT2D eigenvalue weighted by molar-refractivity contribution is -0.160. The van der Waals surface area contributed by atoms with E-state index in [4.69, 9.17) is 19.1 Å². The number of aliphatic hydroxyl groups is 2. The van der Waals surface area contributed by atoms with Gasteiger partial charge >= 0.3 is 19.8 Å². The molecule has 0 aromatic heterocycles. The molecule has 0 radical (unpaired) electrons. The van der Waals surface area contributed by atoms with E-state index in [-0.39, 0.29) is 19.4 Å². The average molecular weight is 753 g/mol. The monoisotopic (exact) mass is 752 g/mol. The van der Waals surface area contributed by atoms with Crippen LogP contribution in [0.25, 0.3) is 0 Å². The van der Waals surface area contributed by atoms with Crippen LogP contribution in [0.3, 0.4) is 0 Å². The van der Waals surface area contributed by atoms with Crippen LogP contribution in [0.4, 0.5) is 0 Å². The molecule has 0 amide bonds. The molecule has 0 saturated heterocycles. The van der Waals surface area contributed by atoms with E-state index in [1.54, 1.807) is 6.08 Å². The first-order chi connectivity index (χ1) is 25.2. The third kappa shape index (κ3) is 35.8. The molecule has 3 unspecified atom stereocenters. The molecule has 10 nitrogen and oxygen atoms in total. The molecule has 0 aliphatic rings. The van der Waals surface area contributed by atoms with Crippen LogP contribution >= 0.6 is 7.82 Å². The summed E-state index contributed by atoms with van der Waals surface area (Å²) in [4.78, 5) is 34.8. The van der Waals surface area contributed by atoms with Gasteiger partial charge in [-0.2, -0.15) is 0 Å². The first-order valence-corrected chi connectivity index (χ1v) is 20.9. The summed E-state index contributed by atoms with van der Waals surface area (Å²) in [5, 5.41) is 18.3.